The summed E-state index contributed by atoms with van der Waals surface area (Å²) in [6.07, 6.45) is 1.34. The van der Waals surface area contributed by atoms with Crippen LogP contribution in [-0.4, -0.2) is 29.9 Å². The van der Waals surface area contributed by atoms with Gasteiger partial charge in [-0.15, -0.1) is 0 Å². The number of halogens is 1. The Hall–Kier alpha value is -1.63. The molecule has 0 aliphatic rings. The van der Waals surface area contributed by atoms with Crippen LogP contribution in [0.4, 0.5) is 0 Å². The van der Waals surface area contributed by atoms with Crippen LogP contribution in [0, 0.1) is 0 Å². The van der Waals surface area contributed by atoms with Crippen molar-refractivity contribution >= 4 is 21.6 Å². The summed E-state index contributed by atoms with van der Waals surface area (Å²) in [4.78, 5) is 3.83. The van der Waals surface area contributed by atoms with E-state index in [2.05, 4.69) is 4.98 Å². The highest BCUT2D eigenvalue weighted by molar-refractivity contribution is 7.89. The lowest BCUT2D eigenvalue weighted by Gasteiger charge is -2.25. The van der Waals surface area contributed by atoms with E-state index in [1.165, 1.54) is 35.7 Å². The molecule has 1 aromatic carbocycles. The molecule has 5 nitrogen and oxygen atoms in total. The number of pyridine rings is 1. The van der Waals surface area contributed by atoms with E-state index in [1.54, 1.807) is 25.1 Å². The molecule has 0 radical (unpaired) electrons. The zero-order valence-electron chi connectivity index (χ0n) is 11.6. The van der Waals surface area contributed by atoms with E-state index < -0.39 is 16.1 Å². The van der Waals surface area contributed by atoms with Crippen molar-refractivity contribution in [3.05, 3.63) is 53.3 Å². The van der Waals surface area contributed by atoms with Gasteiger partial charge in [0, 0.05) is 18.8 Å². The molecular formula is C14H15ClN2O3S. The molecule has 1 N–H and O–H groups in total. The zero-order valence-corrected chi connectivity index (χ0v) is 13.1. The second-order valence-corrected chi connectivity index (χ2v) is 6.96. The van der Waals surface area contributed by atoms with Gasteiger partial charge in [-0.2, -0.15) is 4.31 Å². The number of phenols is 1. The minimum Gasteiger partial charge on any atom is -0.508 e. The molecule has 2 rings (SSSR count). The van der Waals surface area contributed by atoms with Crippen LogP contribution in [0.15, 0.2) is 47.5 Å². The zero-order chi connectivity index (χ0) is 15.6. The Morgan fingerprint density at radius 3 is 2.57 bits per heavy atom. The Kier molecular flexibility index (Phi) is 4.51. The largest absolute Gasteiger partial charge is 0.508 e. The van der Waals surface area contributed by atoms with E-state index in [-0.39, 0.29) is 15.8 Å². The normalized spacial score (nSPS) is 13.3. The topological polar surface area (TPSA) is 70.5 Å². The molecule has 0 aliphatic carbocycles. The highest BCUT2D eigenvalue weighted by Crippen LogP contribution is 2.31. The predicted octanol–water partition coefficient (Wildman–Crippen LogP) is 2.82. The second-order valence-electron chi connectivity index (χ2n) is 4.57. The number of nitrogens with zero attached hydrogens (tertiary/aromatic N) is 2. The maximum atomic E-state index is 12.6. The first-order valence-corrected chi connectivity index (χ1v) is 8.03. The van der Waals surface area contributed by atoms with Gasteiger partial charge >= 0.3 is 0 Å². The standard InChI is InChI=1S/C14H15ClN2O3S/c1-10(12-5-3-4-6-13(12)18)17(2)21(19,20)11-7-8-16-14(15)9-11/h3-10,18H,1-2H3. The van der Waals surface area contributed by atoms with Gasteiger partial charge in [0.2, 0.25) is 10.0 Å². The maximum absolute atomic E-state index is 12.6. The summed E-state index contributed by atoms with van der Waals surface area (Å²) in [6, 6.07) is 8.79. The average molecular weight is 327 g/mol. The number of phenolic OH excluding ortho intramolecular Hbond substituents is 1. The molecule has 0 bridgehead atoms. The van der Waals surface area contributed by atoms with E-state index in [0.717, 1.165) is 0 Å². The van der Waals surface area contributed by atoms with Crippen LogP contribution < -0.4 is 0 Å². The minimum absolute atomic E-state index is 0.0554. The third kappa shape index (κ3) is 3.18. The van der Waals surface area contributed by atoms with Crippen molar-refractivity contribution < 1.29 is 13.5 Å². The minimum atomic E-state index is -3.73. The number of sulfonamides is 1. The number of aromatic nitrogens is 1. The predicted molar refractivity (Wildman–Crippen MR) is 80.7 cm³/mol. The Balaban J connectivity index is 2.39. The first-order chi connectivity index (χ1) is 9.84. The monoisotopic (exact) mass is 326 g/mol. The fraction of sp³-hybridized carbons (Fsp3) is 0.214. The lowest BCUT2D eigenvalue weighted by atomic mass is 10.1. The number of hydrogen-bond acceptors (Lipinski definition) is 4. The van der Waals surface area contributed by atoms with Crippen LogP contribution in [0.3, 0.4) is 0 Å². The van der Waals surface area contributed by atoms with Gasteiger partial charge in [0.1, 0.15) is 10.9 Å². The summed E-state index contributed by atoms with van der Waals surface area (Å²) >= 11 is 5.74. The lowest BCUT2D eigenvalue weighted by Crippen LogP contribution is -2.29. The van der Waals surface area contributed by atoms with Crippen LogP contribution >= 0.6 is 11.6 Å². The van der Waals surface area contributed by atoms with E-state index in [1.807, 2.05) is 0 Å². The van der Waals surface area contributed by atoms with Crippen LogP contribution in [0.25, 0.3) is 0 Å². The van der Waals surface area contributed by atoms with Crippen molar-refractivity contribution in [1.82, 2.24) is 9.29 Å². The van der Waals surface area contributed by atoms with E-state index in [4.69, 9.17) is 11.6 Å². The van der Waals surface area contributed by atoms with Gasteiger partial charge in [0.25, 0.3) is 0 Å². The van der Waals surface area contributed by atoms with Gasteiger partial charge in [-0.1, -0.05) is 29.8 Å². The Labute approximate surface area is 128 Å². The molecule has 112 valence electrons. The number of para-hydroxylation sites is 1. The van der Waals surface area contributed by atoms with Crippen LogP contribution in [0.2, 0.25) is 5.15 Å². The molecular weight excluding hydrogens is 312 g/mol. The molecule has 0 saturated heterocycles. The molecule has 7 heteroatoms. The van der Waals surface area contributed by atoms with Crippen molar-refractivity contribution in [3.63, 3.8) is 0 Å². The number of rotatable bonds is 4. The molecule has 0 fully saturated rings. The summed E-state index contributed by atoms with van der Waals surface area (Å²) in [6.45, 7) is 1.70. The summed E-state index contributed by atoms with van der Waals surface area (Å²) in [5.74, 6) is 0.0554. The molecule has 1 atom stereocenters. The summed E-state index contributed by atoms with van der Waals surface area (Å²) in [5.41, 5.74) is 0.531. The Bertz CT molecular complexity index is 749. The molecule has 1 heterocycles. The van der Waals surface area contributed by atoms with Crippen molar-refractivity contribution in [2.75, 3.05) is 7.05 Å². The van der Waals surface area contributed by atoms with Gasteiger partial charge in [0.15, 0.2) is 0 Å². The third-order valence-corrected chi connectivity index (χ3v) is 5.44. The molecule has 2 aromatic rings. The number of hydrogen-bond donors (Lipinski definition) is 1. The van der Waals surface area contributed by atoms with Gasteiger partial charge in [-0.05, 0) is 25.1 Å². The first-order valence-electron chi connectivity index (χ1n) is 6.21. The van der Waals surface area contributed by atoms with Gasteiger partial charge in [-0.3, -0.25) is 0 Å². The van der Waals surface area contributed by atoms with Gasteiger partial charge < -0.3 is 5.11 Å². The van der Waals surface area contributed by atoms with E-state index in [0.29, 0.717) is 5.56 Å². The third-order valence-electron chi connectivity index (χ3n) is 3.31. The van der Waals surface area contributed by atoms with Crippen LogP contribution in [-0.2, 0) is 10.0 Å². The second kappa shape index (κ2) is 6.01. The summed E-state index contributed by atoms with van der Waals surface area (Å²) in [5, 5.41) is 9.97. The molecule has 0 amide bonds. The molecule has 1 aromatic heterocycles. The Morgan fingerprint density at radius 2 is 1.95 bits per heavy atom. The molecule has 0 saturated carbocycles. The van der Waals surface area contributed by atoms with Gasteiger partial charge in [-0.25, -0.2) is 13.4 Å². The quantitative estimate of drug-likeness (QED) is 0.877. The molecule has 0 aliphatic heterocycles. The highest BCUT2D eigenvalue weighted by Gasteiger charge is 2.27. The fourth-order valence-electron chi connectivity index (χ4n) is 1.96. The van der Waals surface area contributed by atoms with Crippen molar-refractivity contribution in [3.8, 4) is 5.75 Å². The summed E-state index contributed by atoms with van der Waals surface area (Å²) in [7, 11) is -2.27. The van der Waals surface area contributed by atoms with E-state index >= 15 is 0 Å². The van der Waals surface area contributed by atoms with Crippen LogP contribution in [0.5, 0.6) is 5.75 Å². The van der Waals surface area contributed by atoms with Crippen molar-refractivity contribution in [1.29, 1.82) is 0 Å². The molecule has 21 heavy (non-hydrogen) atoms. The molecule has 1 unspecified atom stereocenters. The molecule has 0 spiro atoms. The highest BCUT2D eigenvalue weighted by atomic mass is 35.5. The SMILES string of the molecule is CC(c1ccccc1O)N(C)S(=O)(=O)c1ccnc(Cl)c1. The summed E-state index contributed by atoms with van der Waals surface area (Å²) < 4.78 is 26.3. The first kappa shape index (κ1) is 15.8. The number of benzene rings is 1. The van der Waals surface area contributed by atoms with E-state index in [9.17, 15) is 13.5 Å². The Morgan fingerprint density at radius 1 is 1.29 bits per heavy atom. The fourth-order valence-corrected chi connectivity index (χ4v) is 3.55. The average Bonchev–Trinajstić information content (AvgIpc) is 2.46. The van der Waals surface area contributed by atoms with Crippen LogP contribution in [0.1, 0.15) is 18.5 Å². The maximum Gasteiger partial charge on any atom is 0.243 e. The smallest absolute Gasteiger partial charge is 0.243 e. The van der Waals surface area contributed by atoms with Crippen molar-refractivity contribution in [2.45, 2.75) is 17.9 Å². The van der Waals surface area contributed by atoms with Crippen molar-refractivity contribution in [2.24, 2.45) is 0 Å². The van der Waals surface area contributed by atoms with Gasteiger partial charge in [0.05, 0.1) is 10.9 Å². The lowest BCUT2D eigenvalue weighted by molar-refractivity contribution is 0.381. The number of aromatic hydroxyl groups is 1.